The van der Waals surface area contributed by atoms with Crippen molar-refractivity contribution in [3.63, 3.8) is 0 Å². The summed E-state index contributed by atoms with van der Waals surface area (Å²) < 4.78 is 4.19. The molecule has 0 unspecified atom stereocenters. The molecule has 4 rings (SSSR count). The molecule has 0 aliphatic rings. The van der Waals surface area contributed by atoms with Crippen molar-refractivity contribution in [3.05, 3.63) is 60.8 Å². The zero-order valence-corrected chi connectivity index (χ0v) is 18.3. The van der Waals surface area contributed by atoms with E-state index in [-0.39, 0.29) is 5.91 Å². The third kappa shape index (κ3) is 3.73. The van der Waals surface area contributed by atoms with E-state index in [1.165, 1.54) is 17.3 Å². The zero-order chi connectivity index (χ0) is 21.1. The van der Waals surface area contributed by atoms with Crippen molar-refractivity contribution in [2.75, 3.05) is 17.2 Å². The normalized spacial score (nSPS) is 11.2. The summed E-state index contributed by atoms with van der Waals surface area (Å²) in [6.07, 6.45) is 2.13. The first kappa shape index (κ1) is 20.2. The van der Waals surface area contributed by atoms with Gasteiger partial charge in [0.2, 0.25) is 5.91 Å². The second-order valence-corrected chi connectivity index (χ2v) is 7.92. The molecule has 0 fully saturated rings. The Balaban J connectivity index is 1.55. The summed E-state index contributed by atoms with van der Waals surface area (Å²) in [5, 5.41) is 10.7. The van der Waals surface area contributed by atoms with E-state index in [9.17, 15) is 4.79 Å². The highest BCUT2D eigenvalue weighted by Crippen LogP contribution is 2.31. The van der Waals surface area contributed by atoms with Crippen molar-refractivity contribution in [1.29, 1.82) is 0 Å². The minimum atomic E-state index is 0.0563. The topological polar surface area (TPSA) is 56.0 Å². The molecule has 6 nitrogen and oxygen atoms in total. The van der Waals surface area contributed by atoms with Crippen LogP contribution in [0.15, 0.2) is 66.0 Å². The number of amides is 1. The van der Waals surface area contributed by atoms with Crippen LogP contribution < -0.4 is 4.90 Å². The lowest BCUT2D eigenvalue weighted by Crippen LogP contribution is -2.32. The second-order valence-electron chi connectivity index (χ2n) is 6.97. The smallest absolute Gasteiger partial charge is 0.237 e. The molecule has 0 N–H and O–H groups in total. The lowest BCUT2D eigenvalue weighted by atomic mass is 10.1. The molecule has 2 heterocycles. The number of fused-ring (bicyclic) bond motifs is 1. The van der Waals surface area contributed by atoms with Gasteiger partial charge in [-0.25, -0.2) is 0 Å². The highest BCUT2D eigenvalue weighted by atomic mass is 32.2. The van der Waals surface area contributed by atoms with Gasteiger partial charge in [0, 0.05) is 48.5 Å². The standard InChI is InChI=1S/C23H25N5OS/c1-4-27-15-19(18-13-9-10-14-20(18)27)22-24-25-23(26(22)3)30-16-21(29)28(5-2)17-11-7-6-8-12-17/h6-15H,4-5,16H2,1-3H3. The Hall–Kier alpha value is -3.06. The maximum Gasteiger partial charge on any atom is 0.237 e. The lowest BCUT2D eigenvalue weighted by Gasteiger charge is -2.20. The van der Waals surface area contributed by atoms with Crippen LogP contribution in [0.3, 0.4) is 0 Å². The molecule has 2 aromatic heterocycles. The van der Waals surface area contributed by atoms with E-state index in [0.717, 1.165) is 34.2 Å². The molecular weight excluding hydrogens is 394 g/mol. The average molecular weight is 420 g/mol. The van der Waals surface area contributed by atoms with Crippen LogP contribution >= 0.6 is 11.8 Å². The Morgan fingerprint density at radius 1 is 1.03 bits per heavy atom. The summed E-state index contributed by atoms with van der Waals surface area (Å²) in [6, 6.07) is 18.1. The fourth-order valence-electron chi connectivity index (χ4n) is 3.68. The molecule has 0 aliphatic carbocycles. The van der Waals surface area contributed by atoms with Crippen molar-refractivity contribution < 1.29 is 4.79 Å². The minimum Gasteiger partial charge on any atom is -0.347 e. The van der Waals surface area contributed by atoms with Gasteiger partial charge in [0.15, 0.2) is 11.0 Å². The predicted octanol–water partition coefficient (Wildman–Crippen LogP) is 4.60. The van der Waals surface area contributed by atoms with Crippen molar-refractivity contribution in [2.45, 2.75) is 25.5 Å². The van der Waals surface area contributed by atoms with Crippen molar-refractivity contribution in [3.8, 4) is 11.4 Å². The number of para-hydroxylation sites is 2. The van der Waals surface area contributed by atoms with Crippen LogP contribution in [0, 0.1) is 0 Å². The minimum absolute atomic E-state index is 0.0563. The number of aromatic nitrogens is 4. The third-order valence-electron chi connectivity index (χ3n) is 5.21. The summed E-state index contributed by atoms with van der Waals surface area (Å²) in [6.45, 7) is 5.64. The zero-order valence-electron chi connectivity index (χ0n) is 17.4. The van der Waals surface area contributed by atoms with Gasteiger partial charge < -0.3 is 14.0 Å². The molecule has 7 heteroatoms. The Morgan fingerprint density at radius 3 is 2.50 bits per heavy atom. The summed E-state index contributed by atoms with van der Waals surface area (Å²) in [5.41, 5.74) is 3.15. The largest absolute Gasteiger partial charge is 0.347 e. The van der Waals surface area contributed by atoms with E-state index < -0.39 is 0 Å². The quantitative estimate of drug-likeness (QED) is 0.411. The monoisotopic (exact) mass is 419 g/mol. The van der Waals surface area contributed by atoms with Crippen molar-refractivity contribution in [2.24, 2.45) is 7.05 Å². The number of hydrogen-bond donors (Lipinski definition) is 0. The number of aryl methyl sites for hydroxylation is 1. The molecule has 30 heavy (non-hydrogen) atoms. The fraction of sp³-hybridized carbons (Fsp3) is 0.261. The van der Waals surface area contributed by atoms with Gasteiger partial charge in [0.05, 0.1) is 5.75 Å². The van der Waals surface area contributed by atoms with Crippen molar-refractivity contribution >= 4 is 34.3 Å². The number of nitrogens with zero attached hydrogens (tertiary/aromatic N) is 5. The predicted molar refractivity (Wildman–Crippen MR) is 123 cm³/mol. The Kier molecular flexibility index (Phi) is 5.90. The van der Waals surface area contributed by atoms with E-state index in [1.807, 2.05) is 61.0 Å². The number of carbonyl (C=O) groups is 1. The van der Waals surface area contributed by atoms with Crippen LogP contribution in [0.1, 0.15) is 13.8 Å². The van der Waals surface area contributed by atoms with E-state index in [2.05, 4.69) is 40.0 Å². The molecule has 0 radical (unpaired) electrons. The summed E-state index contributed by atoms with van der Waals surface area (Å²) in [7, 11) is 1.95. The molecule has 0 saturated heterocycles. The summed E-state index contributed by atoms with van der Waals surface area (Å²) >= 11 is 1.42. The molecule has 4 aromatic rings. The van der Waals surface area contributed by atoms with Gasteiger partial charge >= 0.3 is 0 Å². The number of rotatable bonds is 7. The average Bonchev–Trinajstić information content (AvgIpc) is 3.33. The molecule has 0 bridgehead atoms. The Morgan fingerprint density at radius 2 is 1.77 bits per heavy atom. The molecular formula is C23H25N5OS. The van der Waals surface area contributed by atoms with Crippen LogP contribution in [0.5, 0.6) is 0 Å². The van der Waals surface area contributed by atoms with Crippen LogP contribution in [-0.2, 0) is 18.4 Å². The van der Waals surface area contributed by atoms with Gasteiger partial charge in [-0.2, -0.15) is 0 Å². The van der Waals surface area contributed by atoms with Crippen LogP contribution in [0.25, 0.3) is 22.3 Å². The highest BCUT2D eigenvalue weighted by molar-refractivity contribution is 7.99. The molecule has 0 saturated carbocycles. The maximum atomic E-state index is 12.8. The molecule has 2 aromatic carbocycles. The first-order chi connectivity index (χ1) is 14.6. The molecule has 154 valence electrons. The summed E-state index contributed by atoms with van der Waals surface area (Å²) in [5.74, 6) is 1.18. The number of benzene rings is 2. The van der Waals surface area contributed by atoms with E-state index in [1.54, 1.807) is 4.90 Å². The number of thioether (sulfide) groups is 1. The Bertz CT molecular complexity index is 1170. The van der Waals surface area contributed by atoms with Gasteiger partial charge in [-0.15, -0.1) is 10.2 Å². The van der Waals surface area contributed by atoms with Crippen LogP contribution in [0.2, 0.25) is 0 Å². The van der Waals surface area contributed by atoms with E-state index in [4.69, 9.17) is 0 Å². The van der Waals surface area contributed by atoms with E-state index >= 15 is 0 Å². The van der Waals surface area contributed by atoms with Crippen LogP contribution in [0.4, 0.5) is 5.69 Å². The molecule has 0 spiro atoms. The fourth-order valence-corrected chi connectivity index (χ4v) is 4.46. The lowest BCUT2D eigenvalue weighted by molar-refractivity contribution is -0.116. The van der Waals surface area contributed by atoms with Gasteiger partial charge in [0.25, 0.3) is 0 Å². The molecule has 1 amide bonds. The van der Waals surface area contributed by atoms with Crippen LogP contribution in [-0.4, -0.2) is 37.5 Å². The van der Waals surface area contributed by atoms with E-state index in [0.29, 0.717) is 12.3 Å². The Labute approximate surface area is 180 Å². The molecule has 0 aliphatic heterocycles. The first-order valence-electron chi connectivity index (χ1n) is 10.1. The van der Waals surface area contributed by atoms with Gasteiger partial charge in [-0.3, -0.25) is 4.79 Å². The second kappa shape index (κ2) is 8.75. The number of hydrogen-bond acceptors (Lipinski definition) is 4. The SMILES string of the molecule is CCN(C(=O)CSc1nnc(-c2cn(CC)c3ccccc23)n1C)c1ccccc1. The first-order valence-corrected chi connectivity index (χ1v) is 11.1. The third-order valence-corrected chi connectivity index (χ3v) is 6.22. The maximum absolute atomic E-state index is 12.8. The van der Waals surface area contributed by atoms with Gasteiger partial charge in [0.1, 0.15) is 0 Å². The van der Waals surface area contributed by atoms with Gasteiger partial charge in [-0.1, -0.05) is 48.2 Å². The van der Waals surface area contributed by atoms with Crippen molar-refractivity contribution in [1.82, 2.24) is 19.3 Å². The number of carbonyl (C=O) groups excluding carboxylic acids is 1. The highest BCUT2D eigenvalue weighted by Gasteiger charge is 2.19. The van der Waals surface area contributed by atoms with Gasteiger partial charge in [-0.05, 0) is 32.0 Å². The number of anilines is 1. The summed E-state index contributed by atoms with van der Waals surface area (Å²) in [4.78, 5) is 14.6. The molecule has 0 atom stereocenters.